The summed E-state index contributed by atoms with van der Waals surface area (Å²) in [5.74, 6) is -2.13. The maximum atomic E-state index is 11.7. The van der Waals surface area contributed by atoms with Crippen LogP contribution in [0.4, 0.5) is 0 Å². The smallest absolute Gasteiger partial charge is 0.314 e. The van der Waals surface area contributed by atoms with Gasteiger partial charge in [0.1, 0.15) is 12.5 Å². The number of unbranched alkanes of at least 4 members (excludes halogenated alkanes) is 3. The quantitative estimate of drug-likeness (QED) is 0.375. The number of allylic oxidation sites excluding steroid dienone is 2. The lowest BCUT2D eigenvalue weighted by Gasteiger charge is -2.13. The second-order valence-electron chi connectivity index (χ2n) is 5.49. The van der Waals surface area contributed by atoms with E-state index in [1.165, 1.54) is 12.8 Å². The number of carbonyl (C=O) groups excluding carboxylic acids is 1. The molecular weight excluding hydrogens is 292 g/mol. The van der Waals surface area contributed by atoms with Gasteiger partial charge in [0.2, 0.25) is 0 Å². The van der Waals surface area contributed by atoms with Crippen molar-refractivity contribution >= 4 is 11.9 Å². The van der Waals surface area contributed by atoms with Crippen LogP contribution in [0.15, 0.2) is 42.5 Å². The van der Waals surface area contributed by atoms with E-state index in [-0.39, 0.29) is 12.6 Å². The summed E-state index contributed by atoms with van der Waals surface area (Å²) < 4.78 is 5.12. The van der Waals surface area contributed by atoms with Gasteiger partial charge < -0.3 is 9.84 Å². The first kappa shape index (κ1) is 18.9. The van der Waals surface area contributed by atoms with E-state index in [1.807, 2.05) is 6.07 Å². The normalized spacial score (nSPS) is 12.2. The molecule has 0 spiro atoms. The van der Waals surface area contributed by atoms with E-state index in [0.29, 0.717) is 12.0 Å². The lowest BCUT2D eigenvalue weighted by Crippen LogP contribution is -2.20. The largest absolute Gasteiger partial charge is 0.481 e. The van der Waals surface area contributed by atoms with Crippen molar-refractivity contribution in [1.82, 2.24) is 0 Å². The van der Waals surface area contributed by atoms with Crippen LogP contribution >= 0.6 is 0 Å². The fourth-order valence-corrected chi connectivity index (χ4v) is 2.17. The van der Waals surface area contributed by atoms with E-state index in [9.17, 15) is 14.7 Å². The Morgan fingerprint density at radius 2 is 1.78 bits per heavy atom. The van der Waals surface area contributed by atoms with Gasteiger partial charge in [-0.25, -0.2) is 0 Å². The third-order valence-corrected chi connectivity index (χ3v) is 3.55. The summed E-state index contributed by atoms with van der Waals surface area (Å²) in [6.07, 6.45) is 9.58. The van der Waals surface area contributed by atoms with Gasteiger partial charge in [0, 0.05) is 6.42 Å². The fraction of sp³-hybridized carbons (Fsp3) is 0.474. The fourth-order valence-electron chi connectivity index (χ4n) is 2.17. The first-order valence-corrected chi connectivity index (χ1v) is 8.23. The molecule has 0 radical (unpaired) electrons. The van der Waals surface area contributed by atoms with Gasteiger partial charge in [-0.2, -0.15) is 0 Å². The Morgan fingerprint density at radius 1 is 1.13 bits per heavy atom. The second-order valence-corrected chi connectivity index (χ2v) is 5.49. The SMILES string of the molecule is CCCC/C=C\CCCC(=O)OCC(C(=O)O)c1ccccc1. The van der Waals surface area contributed by atoms with Crippen LogP contribution in [0.1, 0.15) is 56.9 Å². The molecule has 0 bridgehead atoms. The lowest BCUT2D eigenvalue weighted by atomic mass is 10.0. The lowest BCUT2D eigenvalue weighted by molar-refractivity contribution is -0.148. The Labute approximate surface area is 138 Å². The molecule has 0 aliphatic rings. The third-order valence-electron chi connectivity index (χ3n) is 3.55. The Morgan fingerprint density at radius 3 is 2.39 bits per heavy atom. The molecule has 0 fully saturated rings. The molecule has 0 saturated heterocycles. The number of hydrogen-bond acceptors (Lipinski definition) is 3. The van der Waals surface area contributed by atoms with Gasteiger partial charge in [0.05, 0.1) is 0 Å². The van der Waals surface area contributed by atoms with Gasteiger partial charge in [-0.1, -0.05) is 62.2 Å². The highest BCUT2D eigenvalue weighted by Gasteiger charge is 2.21. The molecule has 4 nitrogen and oxygen atoms in total. The van der Waals surface area contributed by atoms with Crippen LogP contribution in [0.2, 0.25) is 0 Å². The minimum Gasteiger partial charge on any atom is -0.481 e. The van der Waals surface area contributed by atoms with Crippen LogP contribution in [0.5, 0.6) is 0 Å². The first-order chi connectivity index (χ1) is 11.1. The van der Waals surface area contributed by atoms with E-state index in [1.54, 1.807) is 24.3 Å². The van der Waals surface area contributed by atoms with E-state index in [2.05, 4.69) is 19.1 Å². The molecule has 0 amide bonds. The van der Waals surface area contributed by atoms with Gasteiger partial charge in [-0.15, -0.1) is 0 Å². The standard InChI is InChI=1S/C19H26O4/c1-2-3-4-5-6-7-11-14-18(20)23-15-17(19(21)22)16-12-9-8-10-13-16/h5-6,8-10,12-13,17H,2-4,7,11,14-15H2,1H3,(H,21,22)/b6-5-. The Balaban J connectivity index is 2.28. The van der Waals surface area contributed by atoms with Gasteiger partial charge in [-0.3, -0.25) is 9.59 Å². The number of esters is 1. The zero-order chi connectivity index (χ0) is 16.9. The molecule has 1 aromatic carbocycles. The van der Waals surface area contributed by atoms with Crippen molar-refractivity contribution in [3.8, 4) is 0 Å². The van der Waals surface area contributed by atoms with Gasteiger partial charge in [0.15, 0.2) is 0 Å². The molecule has 4 heteroatoms. The number of aliphatic carboxylic acids is 1. The van der Waals surface area contributed by atoms with E-state index in [4.69, 9.17) is 4.74 Å². The van der Waals surface area contributed by atoms with Crippen molar-refractivity contribution < 1.29 is 19.4 Å². The third kappa shape index (κ3) is 8.19. The van der Waals surface area contributed by atoms with Crippen molar-refractivity contribution in [2.45, 2.75) is 51.4 Å². The topological polar surface area (TPSA) is 63.6 Å². The zero-order valence-electron chi connectivity index (χ0n) is 13.7. The Hall–Kier alpha value is -2.10. The molecule has 0 aromatic heterocycles. The highest BCUT2D eigenvalue weighted by molar-refractivity contribution is 5.77. The number of hydrogen-bond donors (Lipinski definition) is 1. The average Bonchev–Trinajstić information content (AvgIpc) is 2.55. The van der Waals surface area contributed by atoms with E-state index < -0.39 is 11.9 Å². The first-order valence-electron chi connectivity index (χ1n) is 8.23. The van der Waals surface area contributed by atoms with Crippen LogP contribution in [0.25, 0.3) is 0 Å². The van der Waals surface area contributed by atoms with Gasteiger partial charge in [-0.05, 0) is 24.8 Å². The monoisotopic (exact) mass is 318 g/mol. The number of rotatable bonds is 11. The van der Waals surface area contributed by atoms with Crippen LogP contribution in [0, 0.1) is 0 Å². The van der Waals surface area contributed by atoms with E-state index in [0.717, 1.165) is 19.3 Å². The van der Waals surface area contributed by atoms with Crippen LogP contribution in [-0.2, 0) is 14.3 Å². The summed E-state index contributed by atoms with van der Waals surface area (Å²) >= 11 is 0. The molecule has 0 aliphatic heterocycles. The number of benzene rings is 1. The average molecular weight is 318 g/mol. The number of carboxylic acid groups (broad SMARTS) is 1. The molecule has 0 aliphatic carbocycles. The summed E-state index contributed by atoms with van der Waals surface area (Å²) in [6.45, 7) is 2.04. The van der Waals surface area contributed by atoms with E-state index >= 15 is 0 Å². The molecule has 0 heterocycles. The number of carbonyl (C=O) groups is 2. The molecule has 1 aromatic rings. The molecule has 1 unspecified atom stereocenters. The highest BCUT2D eigenvalue weighted by Crippen LogP contribution is 2.16. The predicted octanol–water partition coefficient (Wildman–Crippen LogP) is 4.31. The molecule has 126 valence electrons. The van der Waals surface area contributed by atoms with Crippen LogP contribution in [0.3, 0.4) is 0 Å². The summed E-state index contributed by atoms with van der Waals surface area (Å²) in [5, 5.41) is 9.26. The Bertz CT molecular complexity index is 493. The van der Waals surface area contributed by atoms with Crippen molar-refractivity contribution in [2.75, 3.05) is 6.61 Å². The van der Waals surface area contributed by atoms with Crippen LogP contribution < -0.4 is 0 Å². The van der Waals surface area contributed by atoms with Crippen LogP contribution in [-0.4, -0.2) is 23.7 Å². The molecule has 23 heavy (non-hydrogen) atoms. The minimum atomic E-state index is -0.983. The summed E-state index contributed by atoms with van der Waals surface area (Å²) in [7, 11) is 0. The predicted molar refractivity (Wildman–Crippen MR) is 90.3 cm³/mol. The summed E-state index contributed by atoms with van der Waals surface area (Å²) in [5.41, 5.74) is 0.645. The second kappa shape index (κ2) is 11.5. The maximum Gasteiger partial charge on any atom is 0.314 e. The van der Waals surface area contributed by atoms with Crippen molar-refractivity contribution in [3.63, 3.8) is 0 Å². The summed E-state index contributed by atoms with van der Waals surface area (Å²) in [6, 6.07) is 8.83. The maximum absolute atomic E-state index is 11.7. The van der Waals surface area contributed by atoms with Gasteiger partial charge in [0.25, 0.3) is 0 Å². The highest BCUT2D eigenvalue weighted by atomic mass is 16.5. The van der Waals surface area contributed by atoms with Gasteiger partial charge >= 0.3 is 11.9 Å². The molecule has 1 N–H and O–H groups in total. The zero-order valence-corrected chi connectivity index (χ0v) is 13.7. The Kier molecular flexibility index (Phi) is 9.45. The van der Waals surface area contributed by atoms with Crippen molar-refractivity contribution in [3.05, 3.63) is 48.0 Å². The number of ether oxygens (including phenoxy) is 1. The summed E-state index contributed by atoms with van der Waals surface area (Å²) in [4.78, 5) is 23.0. The molecule has 1 rings (SSSR count). The molecule has 1 atom stereocenters. The minimum absolute atomic E-state index is 0.121. The van der Waals surface area contributed by atoms with Crippen molar-refractivity contribution in [2.24, 2.45) is 0 Å². The van der Waals surface area contributed by atoms with Crippen molar-refractivity contribution in [1.29, 1.82) is 0 Å². The molecular formula is C19H26O4. The molecule has 0 saturated carbocycles. The number of carboxylic acids is 1.